The van der Waals surface area contributed by atoms with E-state index in [1.165, 1.54) is 6.26 Å². The van der Waals surface area contributed by atoms with Crippen LogP contribution in [0.3, 0.4) is 0 Å². The van der Waals surface area contributed by atoms with Crippen molar-refractivity contribution in [3.63, 3.8) is 0 Å². The smallest absolute Gasteiger partial charge is 0.286 e. The Labute approximate surface area is 66.4 Å². The van der Waals surface area contributed by atoms with E-state index in [2.05, 4.69) is 5.32 Å². The van der Waals surface area contributed by atoms with E-state index in [1.807, 2.05) is 13.8 Å². The van der Waals surface area contributed by atoms with Gasteiger partial charge >= 0.3 is 0 Å². The lowest BCUT2D eigenvalue weighted by molar-refractivity contribution is 0.0935. The minimum absolute atomic E-state index is 0.194. The molecule has 0 saturated heterocycles. The number of hydrogen-bond acceptors (Lipinski definition) is 2. The summed E-state index contributed by atoms with van der Waals surface area (Å²) in [4.78, 5) is 10.7. The molecule has 3 heteroatoms. The highest BCUT2D eigenvalue weighted by Gasteiger charge is 2.02. The predicted octanol–water partition coefficient (Wildman–Crippen LogP) is 1.67. The van der Waals surface area contributed by atoms with Gasteiger partial charge < -0.3 is 9.73 Å². The molecule has 1 aromatic heterocycles. The summed E-state index contributed by atoms with van der Waals surface area (Å²) >= 11 is 0. The third kappa shape index (κ3) is 2.89. The summed E-state index contributed by atoms with van der Waals surface area (Å²) in [6, 6.07) is 3.28. The Morgan fingerprint density at radius 1 is 1.55 bits per heavy atom. The minimum atomic E-state index is -0.194. The van der Waals surface area contributed by atoms with Gasteiger partial charge in [-0.2, -0.15) is 0 Å². The third-order valence-corrected chi connectivity index (χ3v) is 0.972. The van der Waals surface area contributed by atoms with E-state index in [0.29, 0.717) is 5.76 Å². The number of rotatable bonds is 1. The topological polar surface area (TPSA) is 42.2 Å². The average molecular weight is 155 g/mol. The Morgan fingerprint density at radius 3 is 2.55 bits per heavy atom. The van der Waals surface area contributed by atoms with Crippen LogP contribution in [-0.2, 0) is 0 Å². The first-order valence-corrected chi connectivity index (χ1v) is 3.60. The van der Waals surface area contributed by atoms with Crippen molar-refractivity contribution in [2.45, 2.75) is 13.8 Å². The van der Waals surface area contributed by atoms with Gasteiger partial charge in [-0.3, -0.25) is 4.79 Å². The van der Waals surface area contributed by atoms with Crippen LogP contribution in [0.2, 0.25) is 0 Å². The molecule has 11 heavy (non-hydrogen) atoms. The van der Waals surface area contributed by atoms with Gasteiger partial charge in [0.2, 0.25) is 0 Å². The Bertz CT molecular complexity index is 192. The summed E-state index contributed by atoms with van der Waals surface area (Å²) < 4.78 is 4.77. The zero-order valence-electron chi connectivity index (χ0n) is 7.05. The fraction of sp³-hybridized carbons (Fsp3) is 0.375. The fourth-order valence-corrected chi connectivity index (χ4v) is 0.531. The van der Waals surface area contributed by atoms with Gasteiger partial charge in [0, 0.05) is 7.05 Å². The molecule has 1 aromatic rings. The summed E-state index contributed by atoms with van der Waals surface area (Å²) in [5.41, 5.74) is 0. The molecule has 3 nitrogen and oxygen atoms in total. The molecule has 1 heterocycles. The molecule has 1 N–H and O–H groups in total. The van der Waals surface area contributed by atoms with Gasteiger partial charge in [0.15, 0.2) is 5.76 Å². The van der Waals surface area contributed by atoms with Crippen molar-refractivity contribution in [3.8, 4) is 0 Å². The second kappa shape index (κ2) is 5.53. The largest absolute Gasteiger partial charge is 0.459 e. The van der Waals surface area contributed by atoms with Gasteiger partial charge in [-0.1, -0.05) is 13.8 Å². The quantitative estimate of drug-likeness (QED) is 0.670. The van der Waals surface area contributed by atoms with Crippen molar-refractivity contribution in [2.75, 3.05) is 7.05 Å². The van der Waals surface area contributed by atoms with Gasteiger partial charge in [-0.25, -0.2) is 0 Å². The first-order chi connectivity index (χ1) is 5.34. The molecular weight excluding hydrogens is 142 g/mol. The number of carbonyl (C=O) groups is 1. The predicted molar refractivity (Wildman–Crippen MR) is 43.4 cm³/mol. The zero-order valence-corrected chi connectivity index (χ0v) is 7.05. The van der Waals surface area contributed by atoms with Crippen molar-refractivity contribution < 1.29 is 9.21 Å². The molecule has 1 amide bonds. The molecule has 0 aliphatic rings. The van der Waals surface area contributed by atoms with Gasteiger partial charge in [0.05, 0.1) is 6.26 Å². The van der Waals surface area contributed by atoms with E-state index in [9.17, 15) is 4.79 Å². The number of furan rings is 1. The van der Waals surface area contributed by atoms with E-state index in [4.69, 9.17) is 4.42 Å². The maximum absolute atomic E-state index is 10.7. The maximum atomic E-state index is 10.7. The van der Waals surface area contributed by atoms with Crippen LogP contribution in [0.25, 0.3) is 0 Å². The first-order valence-electron chi connectivity index (χ1n) is 3.60. The molecule has 0 spiro atoms. The summed E-state index contributed by atoms with van der Waals surface area (Å²) in [6.07, 6.45) is 1.46. The zero-order chi connectivity index (χ0) is 8.69. The Kier molecular flexibility index (Phi) is 4.90. The van der Waals surface area contributed by atoms with Crippen LogP contribution in [0.1, 0.15) is 24.4 Å². The molecular formula is C8H13NO2. The monoisotopic (exact) mass is 155 g/mol. The number of hydrogen-bond donors (Lipinski definition) is 1. The molecule has 0 fully saturated rings. The number of carbonyl (C=O) groups excluding carboxylic acids is 1. The highest BCUT2D eigenvalue weighted by Crippen LogP contribution is 1.97. The van der Waals surface area contributed by atoms with Crippen molar-refractivity contribution in [1.29, 1.82) is 0 Å². The molecule has 62 valence electrons. The normalized spacial score (nSPS) is 7.91. The molecule has 0 unspecified atom stereocenters. The molecule has 0 aromatic carbocycles. The van der Waals surface area contributed by atoms with Crippen molar-refractivity contribution >= 4 is 5.91 Å². The van der Waals surface area contributed by atoms with Gasteiger partial charge in [-0.05, 0) is 12.1 Å². The van der Waals surface area contributed by atoms with E-state index in [1.54, 1.807) is 19.2 Å². The second-order valence-corrected chi connectivity index (χ2v) is 1.56. The van der Waals surface area contributed by atoms with E-state index >= 15 is 0 Å². The number of amides is 1. The summed E-state index contributed by atoms with van der Waals surface area (Å²) in [6.45, 7) is 4.00. The standard InChI is InChI=1S/C6H7NO2.C2H6/c1-7-6(8)5-3-2-4-9-5;1-2/h2-4H,1H3,(H,7,8);1-2H3. The van der Waals surface area contributed by atoms with Crippen LogP contribution >= 0.6 is 0 Å². The third-order valence-electron chi connectivity index (χ3n) is 0.972. The van der Waals surface area contributed by atoms with Crippen LogP contribution < -0.4 is 5.32 Å². The first kappa shape index (κ1) is 9.75. The van der Waals surface area contributed by atoms with Gasteiger partial charge in [0.25, 0.3) is 5.91 Å². The van der Waals surface area contributed by atoms with Crippen molar-refractivity contribution in [1.82, 2.24) is 5.32 Å². The molecule has 0 aliphatic carbocycles. The lowest BCUT2D eigenvalue weighted by atomic mass is 10.4. The lowest BCUT2D eigenvalue weighted by Crippen LogP contribution is -2.16. The van der Waals surface area contributed by atoms with Crippen molar-refractivity contribution in [2.24, 2.45) is 0 Å². The molecule has 0 saturated carbocycles. The highest BCUT2D eigenvalue weighted by molar-refractivity contribution is 5.91. The second-order valence-electron chi connectivity index (χ2n) is 1.56. The number of nitrogens with one attached hydrogen (secondary N) is 1. The SMILES string of the molecule is CC.CNC(=O)c1ccco1. The average Bonchev–Trinajstić information content (AvgIpc) is 2.59. The van der Waals surface area contributed by atoms with E-state index in [-0.39, 0.29) is 5.91 Å². The Balaban J connectivity index is 0.000000461. The molecule has 0 bridgehead atoms. The molecule has 0 aliphatic heterocycles. The van der Waals surface area contributed by atoms with Crippen LogP contribution in [0.5, 0.6) is 0 Å². The lowest BCUT2D eigenvalue weighted by Gasteiger charge is -1.90. The van der Waals surface area contributed by atoms with Crippen LogP contribution in [0, 0.1) is 0 Å². The summed E-state index contributed by atoms with van der Waals surface area (Å²) in [5.74, 6) is 0.150. The Hall–Kier alpha value is -1.25. The molecule has 1 rings (SSSR count). The minimum Gasteiger partial charge on any atom is -0.459 e. The van der Waals surface area contributed by atoms with Crippen LogP contribution in [0.15, 0.2) is 22.8 Å². The maximum Gasteiger partial charge on any atom is 0.286 e. The molecule has 0 atom stereocenters. The van der Waals surface area contributed by atoms with E-state index < -0.39 is 0 Å². The van der Waals surface area contributed by atoms with Crippen LogP contribution in [0.4, 0.5) is 0 Å². The van der Waals surface area contributed by atoms with Crippen LogP contribution in [-0.4, -0.2) is 13.0 Å². The fourth-order valence-electron chi connectivity index (χ4n) is 0.531. The van der Waals surface area contributed by atoms with Gasteiger partial charge in [0.1, 0.15) is 0 Å². The van der Waals surface area contributed by atoms with Gasteiger partial charge in [-0.15, -0.1) is 0 Å². The summed E-state index contributed by atoms with van der Waals surface area (Å²) in [7, 11) is 1.56. The van der Waals surface area contributed by atoms with E-state index in [0.717, 1.165) is 0 Å². The Morgan fingerprint density at radius 2 is 2.18 bits per heavy atom. The molecule has 0 radical (unpaired) electrons. The highest BCUT2D eigenvalue weighted by atomic mass is 16.3. The van der Waals surface area contributed by atoms with Crippen molar-refractivity contribution in [3.05, 3.63) is 24.2 Å². The summed E-state index contributed by atoms with van der Waals surface area (Å²) in [5, 5.41) is 2.43.